The Labute approximate surface area is 125 Å². The summed E-state index contributed by atoms with van der Waals surface area (Å²) in [6.07, 6.45) is 3.33. The van der Waals surface area contributed by atoms with E-state index in [1.807, 2.05) is 0 Å². The highest BCUT2D eigenvalue weighted by Crippen LogP contribution is 2.32. The maximum Gasteiger partial charge on any atom is 0.191 e. The number of hydrogen-bond donors (Lipinski definition) is 1. The highest BCUT2D eigenvalue weighted by molar-refractivity contribution is 7.99. The Morgan fingerprint density at radius 2 is 2.25 bits per heavy atom. The second kappa shape index (κ2) is 5.83. The van der Waals surface area contributed by atoms with Crippen molar-refractivity contribution >= 4 is 34.5 Å². The van der Waals surface area contributed by atoms with Crippen molar-refractivity contribution in [2.75, 3.05) is 5.75 Å². The molecule has 20 heavy (non-hydrogen) atoms. The van der Waals surface area contributed by atoms with Gasteiger partial charge in [-0.2, -0.15) is 0 Å². The first-order valence-electron chi connectivity index (χ1n) is 6.80. The summed E-state index contributed by atoms with van der Waals surface area (Å²) < 4.78 is 1.70. The van der Waals surface area contributed by atoms with Gasteiger partial charge in [-0.15, -0.1) is 5.10 Å². The lowest BCUT2D eigenvalue weighted by Gasteiger charge is -2.14. The van der Waals surface area contributed by atoms with Crippen LogP contribution < -0.4 is 0 Å². The second-order valence-electron chi connectivity index (χ2n) is 4.92. The molecule has 1 N–H and O–H groups in total. The van der Waals surface area contributed by atoms with Crippen molar-refractivity contribution < 1.29 is 5.11 Å². The van der Waals surface area contributed by atoms with Gasteiger partial charge in [0.2, 0.25) is 0 Å². The van der Waals surface area contributed by atoms with E-state index >= 15 is 0 Å². The molecule has 0 aromatic carbocycles. The van der Waals surface area contributed by atoms with Crippen molar-refractivity contribution in [3.63, 3.8) is 0 Å². The number of nitrogens with zero attached hydrogens (tertiary/aromatic N) is 5. The quantitative estimate of drug-likeness (QED) is 0.531. The number of halogens is 1. The molecule has 2 atom stereocenters. The molecule has 1 aliphatic carbocycles. The predicted octanol–water partition coefficient (Wildman–Crippen LogP) is 2.46. The molecule has 2 aromatic heterocycles. The molecule has 0 radical (unpaired) electrons. The summed E-state index contributed by atoms with van der Waals surface area (Å²) in [5, 5.41) is 19.2. The van der Waals surface area contributed by atoms with Crippen LogP contribution in [0.25, 0.3) is 11.2 Å². The van der Waals surface area contributed by atoms with E-state index in [1.165, 1.54) is 0 Å². The Bertz CT molecular complexity index is 619. The van der Waals surface area contributed by atoms with E-state index in [0.29, 0.717) is 21.5 Å². The van der Waals surface area contributed by atoms with Crippen LogP contribution >= 0.6 is 23.4 Å². The van der Waals surface area contributed by atoms with E-state index in [9.17, 15) is 5.11 Å². The number of aliphatic hydroxyl groups is 1. The van der Waals surface area contributed by atoms with Crippen LogP contribution in [0.1, 0.15) is 38.6 Å². The molecule has 8 heteroatoms. The number of aliphatic hydroxyl groups excluding tert-OH is 1. The molecule has 1 aliphatic rings. The normalized spacial score (nSPS) is 22.8. The van der Waals surface area contributed by atoms with Crippen molar-refractivity contribution in [3.8, 4) is 0 Å². The Kier molecular flexibility index (Phi) is 4.09. The van der Waals surface area contributed by atoms with E-state index < -0.39 is 0 Å². The van der Waals surface area contributed by atoms with Gasteiger partial charge in [0.25, 0.3) is 0 Å². The highest BCUT2D eigenvalue weighted by Gasteiger charge is 2.30. The molecule has 0 bridgehead atoms. The standard InChI is InChI=1S/C12H16ClN5OS/c1-2-6-20-12-14-10(13)9-11(15-12)18(17-16-9)7-4-3-5-8(7)19/h7-8,19H,2-6H2,1H3/t7-,8-/m0/s1. The first-order valence-corrected chi connectivity index (χ1v) is 8.16. The summed E-state index contributed by atoms with van der Waals surface area (Å²) in [4.78, 5) is 8.74. The van der Waals surface area contributed by atoms with Gasteiger partial charge in [0.15, 0.2) is 21.5 Å². The Morgan fingerprint density at radius 3 is 2.95 bits per heavy atom. The van der Waals surface area contributed by atoms with E-state index in [-0.39, 0.29) is 12.1 Å². The largest absolute Gasteiger partial charge is 0.391 e. The molecular formula is C12H16ClN5OS. The number of thioether (sulfide) groups is 1. The van der Waals surface area contributed by atoms with Crippen LogP contribution in [0, 0.1) is 0 Å². The van der Waals surface area contributed by atoms with Crippen molar-refractivity contribution in [3.05, 3.63) is 5.15 Å². The molecule has 3 rings (SSSR count). The molecule has 0 saturated heterocycles. The molecule has 0 unspecified atom stereocenters. The Hall–Kier alpha value is -0.920. The van der Waals surface area contributed by atoms with E-state index in [0.717, 1.165) is 31.4 Å². The molecule has 0 amide bonds. The smallest absolute Gasteiger partial charge is 0.191 e. The molecule has 1 saturated carbocycles. The van der Waals surface area contributed by atoms with Crippen molar-refractivity contribution in [1.82, 2.24) is 25.0 Å². The van der Waals surface area contributed by atoms with E-state index in [4.69, 9.17) is 11.6 Å². The fourth-order valence-electron chi connectivity index (χ4n) is 2.47. The molecule has 0 spiro atoms. The molecule has 1 fully saturated rings. The highest BCUT2D eigenvalue weighted by atomic mass is 35.5. The summed E-state index contributed by atoms with van der Waals surface area (Å²) >= 11 is 7.72. The molecule has 0 aliphatic heterocycles. The minimum atomic E-state index is -0.389. The third-order valence-corrected chi connectivity index (χ3v) is 4.77. The lowest BCUT2D eigenvalue weighted by Crippen LogP contribution is -2.19. The molecule has 6 nitrogen and oxygen atoms in total. The van der Waals surface area contributed by atoms with Gasteiger partial charge in [0.1, 0.15) is 0 Å². The van der Waals surface area contributed by atoms with Gasteiger partial charge >= 0.3 is 0 Å². The van der Waals surface area contributed by atoms with Crippen LogP contribution in [0.2, 0.25) is 5.15 Å². The number of rotatable bonds is 4. The number of aromatic nitrogens is 5. The molecule has 2 heterocycles. The van der Waals surface area contributed by atoms with Crippen LogP contribution in [-0.4, -0.2) is 41.9 Å². The fourth-order valence-corrected chi connectivity index (χ4v) is 3.41. The average molecular weight is 314 g/mol. The maximum absolute atomic E-state index is 10.0. The SMILES string of the molecule is CCCSc1nc(Cl)c2nnn([C@H]3CCC[C@@H]3O)c2n1. The zero-order valence-electron chi connectivity index (χ0n) is 11.2. The van der Waals surface area contributed by atoms with Gasteiger partial charge in [0, 0.05) is 5.75 Å². The van der Waals surface area contributed by atoms with Gasteiger partial charge in [-0.05, 0) is 25.7 Å². The topological polar surface area (TPSA) is 76.7 Å². The lowest BCUT2D eigenvalue weighted by atomic mass is 10.2. The number of hydrogen-bond acceptors (Lipinski definition) is 6. The van der Waals surface area contributed by atoms with Crippen molar-refractivity contribution in [2.24, 2.45) is 0 Å². The zero-order chi connectivity index (χ0) is 14.1. The monoisotopic (exact) mass is 313 g/mol. The lowest BCUT2D eigenvalue weighted by molar-refractivity contribution is 0.131. The predicted molar refractivity (Wildman–Crippen MR) is 78.0 cm³/mol. The second-order valence-corrected chi connectivity index (χ2v) is 6.34. The first kappa shape index (κ1) is 14.0. The third kappa shape index (κ3) is 2.49. The first-order chi connectivity index (χ1) is 9.70. The van der Waals surface area contributed by atoms with Gasteiger partial charge < -0.3 is 5.11 Å². The molecular weight excluding hydrogens is 298 g/mol. The zero-order valence-corrected chi connectivity index (χ0v) is 12.7. The third-order valence-electron chi connectivity index (χ3n) is 3.45. The van der Waals surface area contributed by atoms with E-state index in [2.05, 4.69) is 27.2 Å². The van der Waals surface area contributed by atoms with Crippen LogP contribution in [0.4, 0.5) is 0 Å². The summed E-state index contributed by atoms with van der Waals surface area (Å²) in [7, 11) is 0. The van der Waals surface area contributed by atoms with Crippen molar-refractivity contribution in [2.45, 2.75) is 49.9 Å². The maximum atomic E-state index is 10.0. The minimum absolute atomic E-state index is 0.0602. The molecule has 108 valence electrons. The summed E-state index contributed by atoms with van der Waals surface area (Å²) in [6.45, 7) is 2.10. The van der Waals surface area contributed by atoms with Gasteiger partial charge in [-0.3, -0.25) is 0 Å². The van der Waals surface area contributed by atoms with Crippen LogP contribution in [0.15, 0.2) is 5.16 Å². The fraction of sp³-hybridized carbons (Fsp3) is 0.667. The Balaban J connectivity index is 2.02. The number of fused-ring (bicyclic) bond motifs is 1. The van der Waals surface area contributed by atoms with Crippen molar-refractivity contribution in [1.29, 1.82) is 0 Å². The molecule has 2 aromatic rings. The van der Waals surface area contributed by atoms with Gasteiger partial charge in [-0.25, -0.2) is 14.6 Å². The van der Waals surface area contributed by atoms with Gasteiger partial charge in [0.05, 0.1) is 12.1 Å². The van der Waals surface area contributed by atoms with Crippen LogP contribution in [0.3, 0.4) is 0 Å². The van der Waals surface area contributed by atoms with E-state index in [1.54, 1.807) is 16.4 Å². The minimum Gasteiger partial charge on any atom is -0.391 e. The van der Waals surface area contributed by atoms with Crippen LogP contribution in [0.5, 0.6) is 0 Å². The van der Waals surface area contributed by atoms with Crippen LogP contribution in [-0.2, 0) is 0 Å². The average Bonchev–Trinajstić information content (AvgIpc) is 3.02. The Morgan fingerprint density at radius 1 is 1.40 bits per heavy atom. The summed E-state index contributed by atoms with van der Waals surface area (Å²) in [6, 6.07) is -0.0602. The van der Waals surface area contributed by atoms with Gasteiger partial charge in [-0.1, -0.05) is 35.5 Å². The summed E-state index contributed by atoms with van der Waals surface area (Å²) in [5.74, 6) is 0.940. The summed E-state index contributed by atoms with van der Waals surface area (Å²) in [5.41, 5.74) is 1.13.